The maximum atomic E-state index is 12.7. The Morgan fingerprint density at radius 2 is 1.80 bits per heavy atom. The van der Waals surface area contributed by atoms with Crippen molar-refractivity contribution in [2.75, 3.05) is 5.32 Å². The number of nitrogens with one attached hydrogen (secondary N) is 2. The number of aromatic nitrogens is 2. The molecular formula is C24H22N4O2. The number of para-hydroxylation sites is 2. The molecule has 0 saturated heterocycles. The Hall–Kier alpha value is -4.06. The predicted octanol–water partition coefficient (Wildman–Crippen LogP) is 4.81. The van der Waals surface area contributed by atoms with Crippen molar-refractivity contribution in [2.45, 2.75) is 13.0 Å². The second-order valence-electron chi connectivity index (χ2n) is 6.95. The van der Waals surface area contributed by atoms with E-state index in [4.69, 9.17) is 0 Å². The average molecular weight is 398 g/mol. The van der Waals surface area contributed by atoms with Gasteiger partial charge >= 0.3 is 0 Å². The van der Waals surface area contributed by atoms with Gasteiger partial charge in [-0.25, -0.2) is 4.98 Å². The first kappa shape index (κ1) is 19.3. The first-order valence-corrected chi connectivity index (χ1v) is 9.65. The first-order valence-electron chi connectivity index (χ1n) is 9.65. The normalized spacial score (nSPS) is 11.6. The van der Waals surface area contributed by atoms with Crippen molar-refractivity contribution in [3.05, 3.63) is 103 Å². The van der Waals surface area contributed by atoms with Gasteiger partial charge in [0.2, 0.25) is 0 Å². The van der Waals surface area contributed by atoms with Crippen LogP contribution in [0.3, 0.4) is 0 Å². The molecule has 0 radical (unpaired) electrons. The number of rotatable bonds is 6. The van der Waals surface area contributed by atoms with Gasteiger partial charge in [0.15, 0.2) is 0 Å². The third kappa shape index (κ3) is 4.33. The lowest BCUT2D eigenvalue weighted by atomic mass is 10.1. The zero-order valence-electron chi connectivity index (χ0n) is 16.5. The van der Waals surface area contributed by atoms with Gasteiger partial charge < -0.3 is 20.3 Å². The molecule has 1 amide bonds. The molecule has 3 N–H and O–H groups in total. The molecule has 0 aliphatic rings. The van der Waals surface area contributed by atoms with E-state index in [9.17, 15) is 9.90 Å². The van der Waals surface area contributed by atoms with E-state index in [0.717, 1.165) is 11.4 Å². The summed E-state index contributed by atoms with van der Waals surface area (Å²) in [5.74, 6) is 0.672. The number of amides is 1. The van der Waals surface area contributed by atoms with E-state index in [2.05, 4.69) is 15.6 Å². The van der Waals surface area contributed by atoms with Gasteiger partial charge in [-0.1, -0.05) is 36.4 Å². The summed E-state index contributed by atoms with van der Waals surface area (Å²) in [7, 11) is 0. The summed E-state index contributed by atoms with van der Waals surface area (Å²) in [4.78, 5) is 17.0. The second-order valence-corrected chi connectivity index (χ2v) is 6.95. The third-order valence-corrected chi connectivity index (χ3v) is 4.79. The van der Waals surface area contributed by atoms with Gasteiger partial charge in [-0.2, -0.15) is 0 Å². The van der Waals surface area contributed by atoms with Crippen molar-refractivity contribution in [2.24, 2.45) is 0 Å². The number of phenols is 1. The number of benzene rings is 2. The summed E-state index contributed by atoms with van der Waals surface area (Å²) < 4.78 is 1.87. The van der Waals surface area contributed by atoms with E-state index in [1.165, 1.54) is 0 Å². The zero-order valence-corrected chi connectivity index (χ0v) is 16.5. The number of anilines is 2. The van der Waals surface area contributed by atoms with Crippen molar-refractivity contribution in [3.8, 4) is 11.4 Å². The quantitative estimate of drug-likeness (QED) is 0.435. The fourth-order valence-corrected chi connectivity index (χ4v) is 3.22. The van der Waals surface area contributed by atoms with E-state index in [1.54, 1.807) is 36.7 Å². The second kappa shape index (κ2) is 8.53. The Morgan fingerprint density at radius 3 is 2.60 bits per heavy atom. The summed E-state index contributed by atoms with van der Waals surface area (Å²) in [5.41, 5.74) is 3.05. The van der Waals surface area contributed by atoms with Gasteiger partial charge in [0.1, 0.15) is 11.6 Å². The van der Waals surface area contributed by atoms with Crippen LogP contribution in [0.1, 0.15) is 28.9 Å². The van der Waals surface area contributed by atoms with E-state index < -0.39 is 0 Å². The fraction of sp³-hybridized carbons (Fsp3) is 0.0833. The van der Waals surface area contributed by atoms with Gasteiger partial charge in [-0.15, -0.1) is 0 Å². The number of aromatic hydroxyl groups is 1. The Balaban J connectivity index is 1.48. The molecule has 6 nitrogen and oxygen atoms in total. The summed E-state index contributed by atoms with van der Waals surface area (Å²) in [6.07, 6.45) is 5.33. The van der Waals surface area contributed by atoms with E-state index in [0.29, 0.717) is 16.9 Å². The molecule has 6 heteroatoms. The molecule has 2 aromatic heterocycles. The van der Waals surface area contributed by atoms with Crippen LogP contribution in [0.25, 0.3) is 5.69 Å². The van der Waals surface area contributed by atoms with Crippen LogP contribution in [0.5, 0.6) is 5.75 Å². The van der Waals surface area contributed by atoms with Crippen molar-refractivity contribution in [1.82, 2.24) is 14.9 Å². The number of phenolic OH excluding ortho intramolecular Hbond substituents is 1. The summed E-state index contributed by atoms with van der Waals surface area (Å²) in [6, 6.07) is 22.0. The van der Waals surface area contributed by atoms with E-state index in [-0.39, 0.29) is 17.7 Å². The molecule has 2 aromatic carbocycles. The Labute approximate surface area is 174 Å². The lowest BCUT2D eigenvalue weighted by molar-refractivity contribution is 0.0939. The van der Waals surface area contributed by atoms with Crippen LogP contribution < -0.4 is 10.6 Å². The number of carbonyl (C=O) groups excluding carboxylic acids is 1. The zero-order chi connectivity index (χ0) is 20.9. The smallest absolute Gasteiger partial charge is 0.253 e. The van der Waals surface area contributed by atoms with Crippen LogP contribution in [0.4, 0.5) is 11.5 Å². The standard InChI is InChI=1S/C24H22N4O2/c1-17(21-9-5-6-10-22(21)29)26-24(30)18-12-14-28(16-18)20-11-13-25-23(15-20)27-19-7-3-2-4-8-19/h2-17,29H,1H3,(H,25,27)(H,26,30). The largest absolute Gasteiger partial charge is 0.508 e. The lowest BCUT2D eigenvalue weighted by Crippen LogP contribution is -2.26. The summed E-state index contributed by atoms with van der Waals surface area (Å²) in [5, 5.41) is 16.2. The van der Waals surface area contributed by atoms with Gasteiger partial charge in [-0.05, 0) is 37.3 Å². The molecule has 2 heterocycles. The summed E-state index contributed by atoms with van der Waals surface area (Å²) in [6.45, 7) is 1.84. The highest BCUT2D eigenvalue weighted by Gasteiger charge is 2.15. The van der Waals surface area contributed by atoms with Crippen molar-refractivity contribution in [1.29, 1.82) is 0 Å². The number of nitrogens with zero attached hydrogens (tertiary/aromatic N) is 2. The number of pyridine rings is 1. The van der Waals surface area contributed by atoms with Gasteiger partial charge in [0.05, 0.1) is 17.3 Å². The van der Waals surface area contributed by atoms with Crippen molar-refractivity contribution < 1.29 is 9.90 Å². The molecular weight excluding hydrogens is 376 g/mol. The van der Waals surface area contributed by atoms with Crippen LogP contribution in [0.2, 0.25) is 0 Å². The first-order chi connectivity index (χ1) is 14.6. The van der Waals surface area contributed by atoms with Crippen LogP contribution >= 0.6 is 0 Å². The minimum atomic E-state index is -0.315. The highest BCUT2D eigenvalue weighted by Crippen LogP contribution is 2.24. The predicted molar refractivity (Wildman–Crippen MR) is 117 cm³/mol. The fourth-order valence-electron chi connectivity index (χ4n) is 3.22. The van der Waals surface area contributed by atoms with Crippen LogP contribution in [0.15, 0.2) is 91.4 Å². The molecule has 150 valence electrons. The monoisotopic (exact) mass is 398 g/mol. The van der Waals surface area contributed by atoms with Gasteiger partial charge in [0, 0.05) is 35.9 Å². The van der Waals surface area contributed by atoms with Crippen LogP contribution in [0, 0.1) is 0 Å². The molecule has 4 rings (SSSR count). The van der Waals surface area contributed by atoms with Gasteiger partial charge in [-0.3, -0.25) is 4.79 Å². The van der Waals surface area contributed by atoms with Gasteiger partial charge in [0.25, 0.3) is 5.91 Å². The number of carbonyl (C=O) groups is 1. The molecule has 0 aliphatic carbocycles. The number of hydrogen-bond donors (Lipinski definition) is 3. The Kier molecular flexibility index (Phi) is 5.48. The van der Waals surface area contributed by atoms with Crippen molar-refractivity contribution in [3.63, 3.8) is 0 Å². The number of hydrogen-bond acceptors (Lipinski definition) is 4. The minimum Gasteiger partial charge on any atom is -0.508 e. The van der Waals surface area contributed by atoms with E-state index in [1.807, 2.05) is 66.2 Å². The molecule has 0 aliphatic heterocycles. The molecule has 0 saturated carbocycles. The molecule has 0 spiro atoms. The molecule has 1 unspecified atom stereocenters. The summed E-state index contributed by atoms with van der Waals surface area (Å²) >= 11 is 0. The maximum absolute atomic E-state index is 12.7. The Bertz CT molecular complexity index is 1150. The van der Waals surface area contributed by atoms with E-state index >= 15 is 0 Å². The molecule has 4 aromatic rings. The average Bonchev–Trinajstić information content (AvgIpc) is 3.25. The van der Waals surface area contributed by atoms with Crippen molar-refractivity contribution >= 4 is 17.4 Å². The minimum absolute atomic E-state index is 0.165. The maximum Gasteiger partial charge on any atom is 0.253 e. The molecule has 1 atom stereocenters. The van der Waals surface area contributed by atoms with Crippen LogP contribution in [-0.2, 0) is 0 Å². The Morgan fingerprint density at radius 1 is 1.03 bits per heavy atom. The molecule has 0 bridgehead atoms. The lowest BCUT2D eigenvalue weighted by Gasteiger charge is -2.15. The van der Waals surface area contributed by atoms with Crippen LogP contribution in [-0.4, -0.2) is 20.6 Å². The molecule has 0 fully saturated rings. The molecule has 30 heavy (non-hydrogen) atoms. The third-order valence-electron chi connectivity index (χ3n) is 4.79. The SMILES string of the molecule is CC(NC(=O)c1ccn(-c2ccnc(Nc3ccccc3)c2)c1)c1ccccc1O. The highest BCUT2D eigenvalue weighted by molar-refractivity contribution is 5.94. The topological polar surface area (TPSA) is 79.2 Å². The highest BCUT2D eigenvalue weighted by atomic mass is 16.3.